The number of likely N-dealkylation sites (N-methyl/N-ethyl adjacent to an activating group) is 1. The van der Waals surface area contributed by atoms with Gasteiger partial charge in [0.05, 0.1) is 49.3 Å². The van der Waals surface area contributed by atoms with E-state index in [0.29, 0.717) is 19.4 Å². The molecule has 0 aliphatic carbocycles. The van der Waals surface area contributed by atoms with Gasteiger partial charge in [0.25, 0.3) is 0 Å². The summed E-state index contributed by atoms with van der Waals surface area (Å²) in [6.45, 7) is 13.6. The first-order valence-electron chi connectivity index (χ1n) is 18.6. The summed E-state index contributed by atoms with van der Waals surface area (Å²) in [6, 6.07) is 7.04. The molecule has 0 spiro atoms. The van der Waals surface area contributed by atoms with Crippen molar-refractivity contribution in [1.29, 1.82) is 0 Å². The van der Waals surface area contributed by atoms with E-state index in [1.807, 2.05) is 63.1 Å². The van der Waals surface area contributed by atoms with Crippen molar-refractivity contribution in [1.82, 2.24) is 20.4 Å². The number of benzene rings is 1. The van der Waals surface area contributed by atoms with Crippen molar-refractivity contribution in [2.45, 2.75) is 129 Å². The molecule has 1 fully saturated rings. The predicted octanol–water partition coefficient (Wildman–Crippen LogP) is 3.08. The second-order valence-corrected chi connectivity index (χ2v) is 14.9. The number of imide groups is 1. The Balaban J connectivity index is 2.29. The van der Waals surface area contributed by atoms with Gasteiger partial charge in [0.1, 0.15) is 6.04 Å². The Morgan fingerprint density at radius 3 is 2.15 bits per heavy atom. The van der Waals surface area contributed by atoms with Crippen LogP contribution in [0, 0.1) is 17.8 Å². The first-order valence-corrected chi connectivity index (χ1v) is 18.6. The van der Waals surface area contributed by atoms with E-state index in [-0.39, 0.29) is 48.6 Å². The summed E-state index contributed by atoms with van der Waals surface area (Å²) in [5.41, 5.74) is 5.81. The number of nitrogens with two attached hydrogens (primary N) is 1. The third kappa shape index (κ3) is 11.6. The Morgan fingerprint density at radius 2 is 1.63 bits per heavy atom. The summed E-state index contributed by atoms with van der Waals surface area (Å²) in [7, 11) is 6.21. The van der Waals surface area contributed by atoms with Crippen LogP contribution in [0.15, 0.2) is 30.3 Å². The van der Waals surface area contributed by atoms with Gasteiger partial charge in [-0.05, 0) is 50.6 Å². The van der Waals surface area contributed by atoms with Crippen molar-refractivity contribution >= 4 is 29.6 Å². The molecular formula is C39H65N5O8. The SMILES string of the molecule is CC[C@H](C)[C@@H]([C@@H](CC(=O)N1CCC[C@H]1[C@H](OC)[C@@H](C)C(=O)N[C@@H](Cc1ccccc1)C(=O)OC)OC)N(C)[C@H](C(=O)NC(=O)[C@@](C)(N)CC)C(C)C. The number of likely N-dealkylation sites (tertiary alicyclic amines) is 1. The van der Waals surface area contributed by atoms with Crippen LogP contribution in [0.4, 0.5) is 0 Å². The highest BCUT2D eigenvalue weighted by atomic mass is 16.5. The molecule has 4 amide bonds. The molecule has 294 valence electrons. The maximum Gasteiger partial charge on any atom is 0.328 e. The average Bonchev–Trinajstić information content (AvgIpc) is 3.60. The fourth-order valence-corrected chi connectivity index (χ4v) is 7.31. The lowest BCUT2D eigenvalue weighted by Crippen LogP contribution is -2.61. The lowest BCUT2D eigenvalue weighted by molar-refractivity contribution is -0.147. The standard InChI is InChI=1S/C39H65N5O8/c1-12-25(5)33(43(8)32(24(3)4)36(47)42-38(49)39(7,40)13-2)30(50-9)23-31(45)44-21-17-20-29(44)34(51-10)26(6)35(46)41-28(37(48)52-11)22-27-18-15-14-16-19-27/h14-16,18-19,24-26,28-30,32-34H,12-13,17,20-23,40H2,1-11H3,(H,41,46)(H,42,47,49)/t25-,26+,28-,29-,30+,32-,33-,34+,39-/m0/s1. The van der Waals surface area contributed by atoms with Gasteiger partial charge in [-0.25, -0.2) is 4.79 Å². The molecule has 52 heavy (non-hydrogen) atoms. The Hall–Kier alpha value is -3.39. The van der Waals surface area contributed by atoms with Gasteiger partial charge in [0.15, 0.2) is 0 Å². The predicted molar refractivity (Wildman–Crippen MR) is 200 cm³/mol. The van der Waals surface area contributed by atoms with E-state index >= 15 is 0 Å². The van der Waals surface area contributed by atoms with Gasteiger partial charge in [0, 0.05) is 33.2 Å². The molecule has 0 bridgehead atoms. The fourth-order valence-electron chi connectivity index (χ4n) is 7.31. The molecule has 0 saturated carbocycles. The van der Waals surface area contributed by atoms with Crippen LogP contribution in [0.5, 0.6) is 0 Å². The second-order valence-electron chi connectivity index (χ2n) is 14.9. The number of nitrogens with one attached hydrogen (secondary N) is 2. The number of hydrogen-bond donors (Lipinski definition) is 3. The first-order chi connectivity index (χ1) is 24.5. The van der Waals surface area contributed by atoms with Gasteiger partial charge in [-0.2, -0.15) is 0 Å². The average molecular weight is 732 g/mol. The largest absolute Gasteiger partial charge is 0.467 e. The third-order valence-corrected chi connectivity index (χ3v) is 10.8. The summed E-state index contributed by atoms with van der Waals surface area (Å²) in [4.78, 5) is 70.6. The topological polar surface area (TPSA) is 170 Å². The highest BCUT2D eigenvalue weighted by molar-refractivity contribution is 6.01. The number of esters is 1. The van der Waals surface area contributed by atoms with Gasteiger partial charge >= 0.3 is 5.97 Å². The van der Waals surface area contributed by atoms with Crippen molar-refractivity contribution in [3.8, 4) is 0 Å². The maximum atomic E-state index is 14.2. The molecule has 1 aliphatic rings. The normalized spacial score (nSPS) is 19.9. The molecule has 1 heterocycles. The number of rotatable bonds is 20. The van der Waals surface area contributed by atoms with Crippen molar-refractivity contribution < 1.29 is 38.2 Å². The molecule has 1 aromatic rings. The van der Waals surface area contributed by atoms with Gasteiger partial charge < -0.3 is 30.2 Å². The van der Waals surface area contributed by atoms with E-state index in [0.717, 1.165) is 18.4 Å². The second kappa shape index (κ2) is 20.7. The van der Waals surface area contributed by atoms with E-state index in [9.17, 15) is 24.0 Å². The minimum Gasteiger partial charge on any atom is -0.467 e. The summed E-state index contributed by atoms with van der Waals surface area (Å²) >= 11 is 0. The molecule has 2 rings (SSSR count). The van der Waals surface area contributed by atoms with Crippen LogP contribution < -0.4 is 16.4 Å². The van der Waals surface area contributed by atoms with E-state index in [1.54, 1.807) is 32.8 Å². The molecule has 0 radical (unpaired) electrons. The summed E-state index contributed by atoms with van der Waals surface area (Å²) in [5, 5.41) is 5.39. The summed E-state index contributed by atoms with van der Waals surface area (Å²) in [6.07, 6.45) is 1.57. The Bertz CT molecular complexity index is 1320. The minimum absolute atomic E-state index is 0.0198. The highest BCUT2D eigenvalue weighted by Crippen LogP contribution is 2.30. The highest BCUT2D eigenvalue weighted by Gasteiger charge is 2.44. The molecule has 1 saturated heterocycles. The van der Waals surface area contributed by atoms with Crippen molar-refractivity contribution in [3.05, 3.63) is 35.9 Å². The molecule has 4 N–H and O–H groups in total. The minimum atomic E-state index is -1.19. The molecule has 1 aromatic carbocycles. The van der Waals surface area contributed by atoms with Gasteiger partial charge in [0.2, 0.25) is 23.6 Å². The van der Waals surface area contributed by atoms with Crippen LogP contribution in [0.1, 0.15) is 86.1 Å². The number of methoxy groups -OCH3 is 3. The monoisotopic (exact) mass is 731 g/mol. The summed E-state index contributed by atoms with van der Waals surface area (Å²) in [5.74, 6) is -2.91. The Morgan fingerprint density at radius 1 is 1.00 bits per heavy atom. The molecule has 13 heteroatoms. The molecule has 0 unspecified atom stereocenters. The molecule has 9 atom stereocenters. The quantitative estimate of drug-likeness (QED) is 0.170. The van der Waals surface area contributed by atoms with Gasteiger partial charge in [-0.3, -0.25) is 29.4 Å². The number of carbonyl (C=O) groups excluding carboxylic acids is 5. The van der Waals surface area contributed by atoms with Crippen molar-refractivity contribution in [2.24, 2.45) is 23.5 Å². The Kier molecular flexibility index (Phi) is 17.9. The van der Waals surface area contributed by atoms with Gasteiger partial charge in [-0.15, -0.1) is 0 Å². The third-order valence-electron chi connectivity index (χ3n) is 10.8. The van der Waals surface area contributed by atoms with Crippen LogP contribution in [0.3, 0.4) is 0 Å². The van der Waals surface area contributed by atoms with E-state index in [4.69, 9.17) is 19.9 Å². The fraction of sp³-hybridized carbons (Fsp3) is 0.718. The number of carbonyl (C=O) groups is 5. The van der Waals surface area contributed by atoms with Crippen LogP contribution in [0.25, 0.3) is 0 Å². The lowest BCUT2D eigenvalue weighted by atomic mass is 9.87. The lowest BCUT2D eigenvalue weighted by Gasteiger charge is -2.43. The van der Waals surface area contributed by atoms with E-state index in [2.05, 4.69) is 17.6 Å². The first kappa shape index (κ1) is 44.8. The van der Waals surface area contributed by atoms with E-state index in [1.165, 1.54) is 14.2 Å². The van der Waals surface area contributed by atoms with Crippen LogP contribution in [-0.4, -0.2) is 116 Å². The Labute approximate surface area is 311 Å². The zero-order chi connectivity index (χ0) is 39.3. The molecule has 1 aliphatic heterocycles. The molecule has 13 nitrogen and oxygen atoms in total. The number of ether oxygens (including phenoxy) is 3. The molecule has 0 aromatic heterocycles. The molecular weight excluding hydrogens is 666 g/mol. The zero-order valence-electron chi connectivity index (χ0n) is 33.3. The summed E-state index contributed by atoms with van der Waals surface area (Å²) < 4.78 is 16.9. The zero-order valence-corrected chi connectivity index (χ0v) is 33.3. The van der Waals surface area contributed by atoms with Crippen LogP contribution >= 0.6 is 0 Å². The van der Waals surface area contributed by atoms with Crippen LogP contribution in [-0.2, 0) is 44.6 Å². The smallest absolute Gasteiger partial charge is 0.328 e. The van der Waals surface area contributed by atoms with Gasteiger partial charge in [-0.1, -0.05) is 78.3 Å². The number of nitrogens with zero attached hydrogens (tertiary/aromatic N) is 2. The number of hydrogen-bond acceptors (Lipinski definition) is 10. The van der Waals surface area contributed by atoms with Crippen molar-refractivity contribution in [3.63, 3.8) is 0 Å². The van der Waals surface area contributed by atoms with Crippen molar-refractivity contribution in [2.75, 3.05) is 34.9 Å². The van der Waals surface area contributed by atoms with E-state index < -0.39 is 53.5 Å². The maximum absolute atomic E-state index is 14.2. The number of amides is 4. The van der Waals surface area contributed by atoms with Crippen LogP contribution in [0.2, 0.25) is 0 Å².